The molecule has 2 aromatic carbocycles. The second-order valence-electron chi connectivity index (χ2n) is 6.00. The van der Waals surface area contributed by atoms with Crippen LogP contribution in [0.1, 0.15) is 23.5 Å². The van der Waals surface area contributed by atoms with Crippen molar-refractivity contribution in [3.05, 3.63) is 65.5 Å². The summed E-state index contributed by atoms with van der Waals surface area (Å²) in [7, 11) is 0. The van der Waals surface area contributed by atoms with Gasteiger partial charge in [-0.1, -0.05) is 24.3 Å². The molecular formula is C18H18FN3O2. The fraction of sp³-hybridized carbons (Fsp3) is 0.222. The Morgan fingerprint density at radius 2 is 1.92 bits per heavy atom. The van der Waals surface area contributed by atoms with Gasteiger partial charge in [0.25, 0.3) is 0 Å². The molecule has 3 rings (SSSR count). The number of benzene rings is 2. The van der Waals surface area contributed by atoms with Crippen LogP contribution in [-0.4, -0.2) is 11.8 Å². The number of carbonyl (C=O) groups is 2. The van der Waals surface area contributed by atoms with Gasteiger partial charge in [-0.25, -0.2) is 4.39 Å². The number of nitrogens with one attached hydrogen (secondary N) is 1. The number of halogens is 1. The lowest BCUT2D eigenvalue weighted by Crippen LogP contribution is -2.37. The average molecular weight is 327 g/mol. The average Bonchev–Trinajstić information content (AvgIpc) is 3.34. The van der Waals surface area contributed by atoms with Gasteiger partial charge in [-0.15, -0.1) is 0 Å². The van der Waals surface area contributed by atoms with Gasteiger partial charge in [0.05, 0.1) is 0 Å². The van der Waals surface area contributed by atoms with Crippen LogP contribution in [0.4, 0.5) is 10.1 Å². The van der Waals surface area contributed by atoms with E-state index in [0.29, 0.717) is 18.7 Å². The Labute approximate surface area is 138 Å². The molecule has 1 saturated carbocycles. The predicted molar refractivity (Wildman–Crippen MR) is 88.3 cm³/mol. The van der Waals surface area contributed by atoms with Gasteiger partial charge in [-0.05, 0) is 41.8 Å². The summed E-state index contributed by atoms with van der Waals surface area (Å²) in [4.78, 5) is 24.6. The summed E-state index contributed by atoms with van der Waals surface area (Å²) >= 11 is 0. The molecule has 2 aromatic rings. The molecule has 6 heteroatoms. The van der Waals surface area contributed by atoms with Gasteiger partial charge in [0, 0.05) is 18.2 Å². The molecule has 2 amide bonds. The summed E-state index contributed by atoms with van der Waals surface area (Å²) in [5.74, 6) is -1.81. The van der Waals surface area contributed by atoms with Crippen LogP contribution < -0.4 is 16.8 Å². The smallest absolute Gasteiger partial charge is 0.240 e. The SMILES string of the molecule is NCc1cccc(C2CC2(C(N)=O)C(=O)Nc2ccc(F)cc2)c1. The molecular weight excluding hydrogens is 309 g/mol. The zero-order valence-corrected chi connectivity index (χ0v) is 13.0. The zero-order valence-electron chi connectivity index (χ0n) is 13.0. The number of rotatable bonds is 5. The minimum absolute atomic E-state index is 0.276. The fourth-order valence-corrected chi connectivity index (χ4v) is 3.01. The summed E-state index contributed by atoms with van der Waals surface area (Å²) in [6, 6.07) is 12.8. The molecule has 0 heterocycles. The van der Waals surface area contributed by atoms with E-state index in [1.165, 1.54) is 24.3 Å². The van der Waals surface area contributed by atoms with Gasteiger partial charge in [0.2, 0.25) is 11.8 Å². The van der Waals surface area contributed by atoms with E-state index in [-0.39, 0.29) is 5.92 Å². The Morgan fingerprint density at radius 3 is 2.54 bits per heavy atom. The van der Waals surface area contributed by atoms with Crippen molar-refractivity contribution in [2.24, 2.45) is 16.9 Å². The quantitative estimate of drug-likeness (QED) is 0.731. The van der Waals surface area contributed by atoms with E-state index in [2.05, 4.69) is 5.32 Å². The van der Waals surface area contributed by atoms with Crippen molar-refractivity contribution < 1.29 is 14.0 Å². The Bertz CT molecular complexity index is 791. The van der Waals surface area contributed by atoms with Gasteiger partial charge in [-0.2, -0.15) is 0 Å². The number of hydrogen-bond donors (Lipinski definition) is 3. The largest absolute Gasteiger partial charge is 0.369 e. The molecule has 1 fully saturated rings. The molecule has 0 spiro atoms. The standard InChI is InChI=1S/C18H18FN3O2/c19-13-4-6-14(7-5-13)22-17(24)18(16(21)23)9-15(18)12-3-1-2-11(8-12)10-20/h1-8,15H,9-10,20H2,(H2,21,23)(H,22,24). The lowest BCUT2D eigenvalue weighted by Gasteiger charge is -2.14. The third kappa shape index (κ3) is 2.76. The molecule has 5 N–H and O–H groups in total. The van der Waals surface area contributed by atoms with E-state index < -0.39 is 23.0 Å². The Kier molecular flexibility index (Phi) is 4.07. The topological polar surface area (TPSA) is 98.2 Å². The Hall–Kier alpha value is -2.73. The van der Waals surface area contributed by atoms with Gasteiger partial charge < -0.3 is 16.8 Å². The summed E-state index contributed by atoms with van der Waals surface area (Å²) < 4.78 is 13.0. The van der Waals surface area contributed by atoms with E-state index in [4.69, 9.17) is 11.5 Å². The molecule has 2 atom stereocenters. The molecule has 5 nitrogen and oxygen atoms in total. The van der Waals surface area contributed by atoms with Crippen LogP contribution in [0, 0.1) is 11.2 Å². The molecule has 0 bridgehead atoms. The summed E-state index contributed by atoms with van der Waals surface area (Å²) in [5, 5.41) is 2.65. The molecule has 1 aliphatic rings. The highest BCUT2D eigenvalue weighted by atomic mass is 19.1. The minimum atomic E-state index is -1.28. The first-order chi connectivity index (χ1) is 11.5. The van der Waals surface area contributed by atoms with Crippen LogP contribution in [-0.2, 0) is 16.1 Å². The molecule has 0 saturated heterocycles. The number of primary amides is 1. The molecule has 0 aromatic heterocycles. The maximum Gasteiger partial charge on any atom is 0.240 e. The van der Waals surface area contributed by atoms with Gasteiger partial charge >= 0.3 is 0 Å². The fourth-order valence-electron chi connectivity index (χ4n) is 3.01. The highest BCUT2D eigenvalue weighted by Gasteiger charge is 2.65. The second kappa shape index (κ2) is 6.05. The third-order valence-corrected chi connectivity index (χ3v) is 4.50. The van der Waals surface area contributed by atoms with Crippen LogP contribution >= 0.6 is 0 Å². The first kappa shape index (κ1) is 16.1. The van der Waals surface area contributed by atoms with Crippen molar-refractivity contribution in [1.82, 2.24) is 0 Å². The lowest BCUT2D eigenvalue weighted by atomic mass is 9.96. The summed E-state index contributed by atoms with van der Waals surface area (Å²) in [5.41, 5.74) is 12.1. The van der Waals surface area contributed by atoms with Crippen molar-refractivity contribution >= 4 is 17.5 Å². The lowest BCUT2D eigenvalue weighted by molar-refractivity contribution is -0.132. The van der Waals surface area contributed by atoms with Crippen molar-refractivity contribution in [3.8, 4) is 0 Å². The van der Waals surface area contributed by atoms with Crippen molar-refractivity contribution in [1.29, 1.82) is 0 Å². The van der Waals surface area contributed by atoms with E-state index in [9.17, 15) is 14.0 Å². The first-order valence-electron chi connectivity index (χ1n) is 7.63. The normalized spacial score (nSPS) is 22.0. The van der Waals surface area contributed by atoms with Gasteiger partial charge in [0.1, 0.15) is 11.2 Å². The highest BCUT2D eigenvalue weighted by molar-refractivity contribution is 6.14. The maximum absolute atomic E-state index is 13.0. The van der Waals surface area contributed by atoms with Crippen LogP contribution in [0.15, 0.2) is 48.5 Å². The van der Waals surface area contributed by atoms with Crippen molar-refractivity contribution in [2.45, 2.75) is 18.9 Å². The van der Waals surface area contributed by atoms with Gasteiger partial charge in [-0.3, -0.25) is 9.59 Å². The van der Waals surface area contributed by atoms with Crippen LogP contribution in [0.2, 0.25) is 0 Å². The van der Waals surface area contributed by atoms with Crippen LogP contribution in [0.25, 0.3) is 0 Å². The predicted octanol–water partition coefficient (Wildman–Crippen LogP) is 1.88. The number of nitrogens with two attached hydrogens (primary N) is 2. The zero-order chi connectivity index (χ0) is 17.3. The second-order valence-corrected chi connectivity index (χ2v) is 6.00. The minimum Gasteiger partial charge on any atom is -0.369 e. The molecule has 1 aliphatic carbocycles. The number of amides is 2. The van der Waals surface area contributed by atoms with Crippen LogP contribution in [0.3, 0.4) is 0 Å². The molecule has 2 unspecified atom stereocenters. The van der Waals surface area contributed by atoms with E-state index in [1.54, 1.807) is 0 Å². The molecule has 124 valence electrons. The van der Waals surface area contributed by atoms with E-state index in [0.717, 1.165) is 11.1 Å². The highest BCUT2D eigenvalue weighted by Crippen LogP contribution is 2.59. The molecule has 0 aliphatic heterocycles. The monoisotopic (exact) mass is 327 g/mol. The third-order valence-electron chi connectivity index (χ3n) is 4.50. The number of hydrogen-bond acceptors (Lipinski definition) is 3. The van der Waals surface area contributed by atoms with E-state index >= 15 is 0 Å². The maximum atomic E-state index is 13.0. The summed E-state index contributed by atoms with van der Waals surface area (Å²) in [6.07, 6.45) is 0.351. The number of anilines is 1. The Morgan fingerprint density at radius 1 is 1.21 bits per heavy atom. The Balaban J connectivity index is 1.84. The molecule has 0 radical (unpaired) electrons. The van der Waals surface area contributed by atoms with E-state index in [1.807, 2.05) is 24.3 Å². The number of carbonyl (C=O) groups excluding carboxylic acids is 2. The van der Waals surface area contributed by atoms with Crippen molar-refractivity contribution in [3.63, 3.8) is 0 Å². The van der Waals surface area contributed by atoms with Crippen LogP contribution in [0.5, 0.6) is 0 Å². The first-order valence-corrected chi connectivity index (χ1v) is 7.63. The molecule has 24 heavy (non-hydrogen) atoms. The van der Waals surface area contributed by atoms with Gasteiger partial charge in [0.15, 0.2) is 0 Å². The summed E-state index contributed by atoms with van der Waals surface area (Å²) in [6.45, 7) is 0.381. The van der Waals surface area contributed by atoms with Crippen molar-refractivity contribution in [2.75, 3.05) is 5.32 Å².